The molecular formula is C28H31F2N3O5S. The second-order valence-corrected chi connectivity index (χ2v) is 12.0. The predicted molar refractivity (Wildman–Crippen MR) is 145 cm³/mol. The molecule has 0 aliphatic heterocycles. The van der Waals surface area contributed by atoms with Gasteiger partial charge in [-0.3, -0.25) is 4.79 Å². The van der Waals surface area contributed by atoms with Gasteiger partial charge in [-0.1, -0.05) is 0 Å². The molecule has 0 radical (unpaired) electrons. The highest BCUT2D eigenvalue weighted by Crippen LogP contribution is 2.46. The Bertz CT molecular complexity index is 1550. The van der Waals surface area contributed by atoms with E-state index in [4.69, 9.17) is 15.2 Å². The Hall–Kier alpha value is -3.47. The lowest BCUT2D eigenvalue weighted by Gasteiger charge is -2.26. The van der Waals surface area contributed by atoms with E-state index in [9.17, 15) is 14.4 Å². The Kier molecular flexibility index (Phi) is 6.90. The van der Waals surface area contributed by atoms with Crippen molar-refractivity contribution in [2.75, 3.05) is 12.3 Å². The molecule has 0 spiro atoms. The van der Waals surface area contributed by atoms with E-state index in [1.807, 2.05) is 0 Å². The molecule has 2 heterocycles. The summed E-state index contributed by atoms with van der Waals surface area (Å²) in [6.07, 6.45) is 4.31. The molecule has 3 aromatic rings. The summed E-state index contributed by atoms with van der Waals surface area (Å²) in [5, 5.41) is 2.52. The monoisotopic (exact) mass is 559 g/mol. The molecule has 1 fully saturated rings. The van der Waals surface area contributed by atoms with Gasteiger partial charge in [0.2, 0.25) is 5.43 Å². The van der Waals surface area contributed by atoms with E-state index in [1.54, 1.807) is 33.8 Å². The maximum Gasteiger partial charge on any atom is 0.408 e. The summed E-state index contributed by atoms with van der Waals surface area (Å²) in [5.74, 6) is -2.83. The molecule has 208 valence electrons. The Morgan fingerprint density at radius 2 is 1.92 bits per heavy atom. The quantitative estimate of drug-likeness (QED) is 0.293. The van der Waals surface area contributed by atoms with Gasteiger partial charge >= 0.3 is 12.1 Å². The highest BCUT2D eigenvalue weighted by atomic mass is 32.1. The summed E-state index contributed by atoms with van der Waals surface area (Å²) in [6.45, 7) is 6.97. The predicted octanol–water partition coefficient (Wildman–Crippen LogP) is 6.00. The van der Waals surface area contributed by atoms with Crippen LogP contribution >= 0.6 is 11.3 Å². The molecule has 11 heteroatoms. The number of hydrogen-bond donors (Lipinski definition) is 2. The third kappa shape index (κ3) is 4.99. The van der Waals surface area contributed by atoms with Crippen LogP contribution in [-0.2, 0) is 15.9 Å². The number of hydrogen-bond acceptors (Lipinski definition) is 7. The number of esters is 1. The Morgan fingerprint density at radius 1 is 1.21 bits per heavy atom. The Labute approximate surface area is 228 Å². The molecule has 39 heavy (non-hydrogen) atoms. The molecule has 8 nitrogen and oxygen atoms in total. The number of carbonyl (C=O) groups excluding carboxylic acids is 2. The van der Waals surface area contributed by atoms with E-state index in [1.165, 1.54) is 22.1 Å². The summed E-state index contributed by atoms with van der Waals surface area (Å²) in [6, 6.07) is 1.22. The van der Waals surface area contributed by atoms with Gasteiger partial charge in [0, 0.05) is 22.0 Å². The van der Waals surface area contributed by atoms with Gasteiger partial charge in [0.1, 0.15) is 11.2 Å². The van der Waals surface area contributed by atoms with Crippen LogP contribution in [0, 0.1) is 11.6 Å². The van der Waals surface area contributed by atoms with E-state index in [2.05, 4.69) is 5.32 Å². The van der Waals surface area contributed by atoms with Crippen LogP contribution in [0.15, 0.2) is 17.1 Å². The fraction of sp³-hybridized carbons (Fsp3) is 0.464. The van der Waals surface area contributed by atoms with Gasteiger partial charge in [0.05, 0.1) is 34.8 Å². The van der Waals surface area contributed by atoms with Crippen LogP contribution < -0.4 is 16.5 Å². The largest absolute Gasteiger partial charge is 0.462 e. The van der Waals surface area contributed by atoms with Crippen molar-refractivity contribution in [1.29, 1.82) is 0 Å². The van der Waals surface area contributed by atoms with Gasteiger partial charge in [0.15, 0.2) is 11.6 Å². The number of nitrogen functional groups attached to an aromatic ring is 1. The number of fused-ring (bicyclic) bond motifs is 2. The van der Waals surface area contributed by atoms with Crippen LogP contribution in [0.1, 0.15) is 86.3 Å². The van der Waals surface area contributed by atoms with Crippen LogP contribution in [0.4, 0.5) is 19.3 Å². The van der Waals surface area contributed by atoms with Gasteiger partial charge < -0.3 is 25.1 Å². The van der Waals surface area contributed by atoms with Crippen LogP contribution in [0.25, 0.3) is 21.3 Å². The summed E-state index contributed by atoms with van der Waals surface area (Å²) >= 11 is 1.18. The number of aryl methyl sites for hydroxylation is 1. The van der Waals surface area contributed by atoms with Crippen molar-refractivity contribution in [3.05, 3.63) is 50.1 Å². The number of alkyl carbamates (subject to hydrolysis) is 1. The second-order valence-electron chi connectivity index (χ2n) is 11.0. The molecule has 0 bridgehead atoms. The molecule has 1 amide bonds. The number of thiophene rings is 1. The molecule has 0 saturated heterocycles. The smallest absolute Gasteiger partial charge is 0.408 e. The average molecular weight is 560 g/mol. The molecule has 1 aromatic carbocycles. The minimum atomic E-state index is -1.06. The average Bonchev–Trinajstić information content (AvgIpc) is 3.60. The molecule has 1 unspecified atom stereocenters. The highest BCUT2D eigenvalue weighted by Gasteiger charge is 2.34. The molecule has 3 N–H and O–H groups in total. The lowest BCUT2D eigenvalue weighted by molar-refractivity contribution is 0.0496. The second kappa shape index (κ2) is 9.93. The highest BCUT2D eigenvalue weighted by molar-refractivity contribution is 7.15. The van der Waals surface area contributed by atoms with Gasteiger partial charge in [-0.15, -0.1) is 11.3 Å². The molecule has 1 saturated carbocycles. The van der Waals surface area contributed by atoms with Crippen molar-refractivity contribution < 1.29 is 27.8 Å². The van der Waals surface area contributed by atoms with E-state index in [-0.39, 0.29) is 40.7 Å². The first-order valence-electron chi connectivity index (χ1n) is 13.1. The fourth-order valence-corrected chi connectivity index (χ4v) is 6.38. The number of rotatable bonds is 5. The topological polar surface area (TPSA) is 113 Å². The van der Waals surface area contributed by atoms with E-state index in [0.29, 0.717) is 17.7 Å². The van der Waals surface area contributed by atoms with Crippen molar-refractivity contribution in [1.82, 2.24) is 9.88 Å². The van der Waals surface area contributed by atoms with Crippen molar-refractivity contribution >= 4 is 40.0 Å². The lowest BCUT2D eigenvalue weighted by Crippen LogP contribution is -2.35. The van der Waals surface area contributed by atoms with Crippen molar-refractivity contribution in [3.63, 3.8) is 0 Å². The number of nitrogens with zero attached hydrogens (tertiary/aromatic N) is 1. The number of anilines is 1. The molecule has 2 aliphatic rings. The summed E-state index contributed by atoms with van der Waals surface area (Å²) in [7, 11) is 0. The number of nitrogens with one attached hydrogen (secondary N) is 1. The van der Waals surface area contributed by atoms with Gasteiger partial charge in [-0.2, -0.15) is 0 Å². The molecule has 1 atom stereocenters. The van der Waals surface area contributed by atoms with Gasteiger partial charge in [-0.05, 0) is 71.4 Å². The first kappa shape index (κ1) is 27.1. The van der Waals surface area contributed by atoms with Crippen molar-refractivity contribution in [3.8, 4) is 10.4 Å². The zero-order valence-electron chi connectivity index (χ0n) is 22.3. The first-order chi connectivity index (χ1) is 18.4. The SMILES string of the molecule is CCOC(=O)c1cn(C2CC2)c2c(F)c(-c3cc4c(s3)C(NC(=O)OC(C)(C)C)CCC4)c(F)c(N)c2c1=O. The molecule has 5 rings (SSSR count). The number of aromatic nitrogens is 1. The Balaban J connectivity index is 1.64. The van der Waals surface area contributed by atoms with E-state index < -0.39 is 40.4 Å². The van der Waals surface area contributed by atoms with Crippen molar-refractivity contribution in [2.24, 2.45) is 0 Å². The minimum Gasteiger partial charge on any atom is -0.462 e. The first-order valence-corrected chi connectivity index (χ1v) is 13.9. The molecular weight excluding hydrogens is 528 g/mol. The zero-order chi connectivity index (χ0) is 28.2. The van der Waals surface area contributed by atoms with Crippen molar-refractivity contribution in [2.45, 2.75) is 77.5 Å². The van der Waals surface area contributed by atoms with Crippen LogP contribution in [0.3, 0.4) is 0 Å². The number of benzene rings is 1. The number of halogens is 2. The normalized spacial score (nSPS) is 17.1. The standard InChI is InChI=1S/C28H31F2N3O5S/c1-5-37-26(35)15-12-33(14-9-10-14)23-19(24(15)34)22(31)20(29)18(21(23)30)17-11-13-7-6-8-16(25(13)39-17)32-27(36)38-28(2,3)4/h11-12,14,16H,5-10,31H2,1-4H3,(H,32,36). The number of ether oxygens (including phenoxy) is 2. The van der Waals surface area contributed by atoms with E-state index >= 15 is 8.78 Å². The maximum atomic E-state index is 16.3. The number of nitrogens with two attached hydrogens (primary N) is 1. The van der Waals surface area contributed by atoms with Gasteiger partial charge in [-0.25, -0.2) is 18.4 Å². The number of pyridine rings is 1. The summed E-state index contributed by atoms with van der Waals surface area (Å²) in [4.78, 5) is 39.3. The third-order valence-electron chi connectivity index (χ3n) is 6.86. The summed E-state index contributed by atoms with van der Waals surface area (Å²) < 4.78 is 44.0. The van der Waals surface area contributed by atoms with Crippen LogP contribution in [-0.4, -0.2) is 28.8 Å². The van der Waals surface area contributed by atoms with Crippen LogP contribution in [0.2, 0.25) is 0 Å². The van der Waals surface area contributed by atoms with E-state index in [0.717, 1.165) is 29.7 Å². The fourth-order valence-electron chi connectivity index (χ4n) is 5.05. The lowest BCUT2D eigenvalue weighted by atomic mass is 9.94. The minimum absolute atomic E-state index is 0.0453. The number of carbonyl (C=O) groups is 2. The molecule has 2 aromatic heterocycles. The molecule has 2 aliphatic carbocycles. The summed E-state index contributed by atoms with van der Waals surface area (Å²) in [5.41, 5.74) is 4.24. The number of amides is 1. The third-order valence-corrected chi connectivity index (χ3v) is 8.17. The maximum absolute atomic E-state index is 16.3. The van der Waals surface area contributed by atoms with Crippen LogP contribution in [0.5, 0.6) is 0 Å². The Morgan fingerprint density at radius 3 is 2.56 bits per heavy atom. The van der Waals surface area contributed by atoms with Gasteiger partial charge in [0.25, 0.3) is 0 Å². The zero-order valence-corrected chi connectivity index (χ0v) is 23.1.